The van der Waals surface area contributed by atoms with Crippen LogP contribution in [0.15, 0.2) is 13.2 Å². The van der Waals surface area contributed by atoms with Crippen molar-refractivity contribution in [1.82, 2.24) is 0 Å². The highest BCUT2D eigenvalue weighted by atomic mass is 16.6. The molecule has 0 aliphatic carbocycles. The van der Waals surface area contributed by atoms with Crippen molar-refractivity contribution in [2.45, 2.75) is 20.0 Å². The molecule has 0 saturated heterocycles. The second-order valence-corrected chi connectivity index (χ2v) is 1.88. The second kappa shape index (κ2) is 9.17. The van der Waals surface area contributed by atoms with Crippen LogP contribution in [0, 0.1) is 0 Å². The fraction of sp³-hybridized carbons (Fsp3) is 0.625. The maximum atomic E-state index is 10.3. The summed E-state index contributed by atoms with van der Waals surface area (Å²) in [7, 11) is 1.57. The van der Waals surface area contributed by atoms with Crippen molar-refractivity contribution >= 4 is 5.97 Å². The number of hydrogen-bond acceptors (Lipinski definition) is 3. The van der Waals surface area contributed by atoms with E-state index in [1.165, 1.54) is 6.92 Å². The Hall–Kier alpha value is -0.830. The van der Waals surface area contributed by atoms with Gasteiger partial charge >= 0.3 is 5.97 Å². The lowest BCUT2D eigenvalue weighted by Crippen LogP contribution is -2.17. The fourth-order valence-electron chi connectivity index (χ4n) is 0.552. The van der Waals surface area contributed by atoms with Crippen LogP contribution in [-0.4, -0.2) is 25.8 Å². The summed E-state index contributed by atoms with van der Waals surface area (Å²) in [5.41, 5.74) is 0. The molecule has 0 fully saturated rings. The van der Waals surface area contributed by atoms with Crippen LogP contribution in [0.1, 0.15) is 13.8 Å². The Bertz CT molecular complexity index is 102. The van der Waals surface area contributed by atoms with Crippen molar-refractivity contribution < 1.29 is 14.3 Å². The highest BCUT2D eigenvalue weighted by molar-refractivity contribution is 5.66. The van der Waals surface area contributed by atoms with Crippen molar-refractivity contribution in [2.75, 3.05) is 13.7 Å². The third-order valence-electron chi connectivity index (χ3n) is 0.769. The maximum absolute atomic E-state index is 10.3. The largest absolute Gasteiger partial charge is 0.460 e. The molecule has 0 aromatic rings. The fourth-order valence-corrected chi connectivity index (χ4v) is 0.552. The molecule has 66 valence electrons. The lowest BCUT2D eigenvalue weighted by Gasteiger charge is -2.08. The summed E-state index contributed by atoms with van der Waals surface area (Å²) in [6.07, 6.45) is -0.132. The number of carbonyl (C=O) groups is 1. The summed E-state index contributed by atoms with van der Waals surface area (Å²) >= 11 is 0. The summed E-state index contributed by atoms with van der Waals surface area (Å²) in [5.74, 6) is -0.264. The Labute approximate surface area is 68.0 Å². The first-order valence-corrected chi connectivity index (χ1v) is 3.33. The average molecular weight is 160 g/mol. The molecule has 3 nitrogen and oxygen atoms in total. The lowest BCUT2D eigenvalue weighted by molar-refractivity contribution is -0.147. The number of ether oxygens (including phenoxy) is 2. The lowest BCUT2D eigenvalue weighted by atomic mass is 10.4. The number of methoxy groups -OCH3 is 1. The first-order chi connectivity index (χ1) is 5.16. The number of rotatable bonds is 3. The van der Waals surface area contributed by atoms with E-state index in [1.54, 1.807) is 14.0 Å². The molecule has 0 saturated carbocycles. The molecule has 3 heteroatoms. The topological polar surface area (TPSA) is 35.5 Å². The van der Waals surface area contributed by atoms with Crippen LogP contribution in [0.3, 0.4) is 0 Å². The Kier molecular flexibility index (Phi) is 10.7. The van der Waals surface area contributed by atoms with Crippen molar-refractivity contribution in [1.29, 1.82) is 0 Å². The Morgan fingerprint density at radius 2 is 2.00 bits per heavy atom. The third-order valence-corrected chi connectivity index (χ3v) is 0.769. The highest BCUT2D eigenvalue weighted by Gasteiger charge is 2.02. The van der Waals surface area contributed by atoms with Crippen LogP contribution in [0.25, 0.3) is 0 Å². The van der Waals surface area contributed by atoms with E-state index in [0.29, 0.717) is 6.61 Å². The standard InChI is InChI=1S/C6H12O3.C2H4/c1-5(4-8-3)9-6(2)7;1-2/h5H,4H2,1-3H3;1-2H2. The Morgan fingerprint density at radius 1 is 1.55 bits per heavy atom. The van der Waals surface area contributed by atoms with E-state index in [1.807, 2.05) is 0 Å². The third kappa shape index (κ3) is 12.4. The van der Waals surface area contributed by atoms with Gasteiger partial charge in [-0.3, -0.25) is 4.79 Å². The molecule has 0 aliphatic rings. The molecule has 0 amide bonds. The Balaban J connectivity index is 0. The smallest absolute Gasteiger partial charge is 0.302 e. The molecule has 11 heavy (non-hydrogen) atoms. The molecule has 0 N–H and O–H groups in total. The quantitative estimate of drug-likeness (QED) is 0.462. The summed E-state index contributed by atoms with van der Waals surface area (Å²) in [4.78, 5) is 10.3. The molecule has 0 bridgehead atoms. The zero-order chi connectivity index (χ0) is 9.28. The zero-order valence-corrected chi connectivity index (χ0v) is 7.42. The second-order valence-electron chi connectivity index (χ2n) is 1.88. The number of esters is 1. The normalized spacial score (nSPS) is 10.8. The van der Waals surface area contributed by atoms with Gasteiger partial charge in [-0.1, -0.05) is 0 Å². The van der Waals surface area contributed by atoms with E-state index < -0.39 is 0 Å². The highest BCUT2D eigenvalue weighted by Crippen LogP contribution is 1.90. The van der Waals surface area contributed by atoms with Crippen molar-refractivity contribution in [3.8, 4) is 0 Å². The summed E-state index contributed by atoms with van der Waals surface area (Å²) in [6.45, 7) is 9.62. The van der Waals surface area contributed by atoms with E-state index in [9.17, 15) is 4.79 Å². The van der Waals surface area contributed by atoms with Crippen LogP contribution in [0.5, 0.6) is 0 Å². The number of carbonyl (C=O) groups excluding carboxylic acids is 1. The predicted octanol–water partition coefficient (Wildman–Crippen LogP) is 1.39. The van der Waals surface area contributed by atoms with Crippen molar-refractivity contribution in [3.05, 3.63) is 13.2 Å². The van der Waals surface area contributed by atoms with E-state index >= 15 is 0 Å². The summed E-state index contributed by atoms with van der Waals surface area (Å²) < 4.78 is 9.45. The van der Waals surface area contributed by atoms with Crippen molar-refractivity contribution in [3.63, 3.8) is 0 Å². The van der Waals surface area contributed by atoms with E-state index in [2.05, 4.69) is 13.2 Å². The van der Waals surface area contributed by atoms with Gasteiger partial charge in [0.15, 0.2) is 0 Å². The minimum atomic E-state index is -0.264. The van der Waals surface area contributed by atoms with Gasteiger partial charge in [0.1, 0.15) is 6.10 Å². The van der Waals surface area contributed by atoms with Gasteiger partial charge in [-0.2, -0.15) is 0 Å². The van der Waals surface area contributed by atoms with E-state index in [-0.39, 0.29) is 12.1 Å². The first kappa shape index (κ1) is 12.8. The Morgan fingerprint density at radius 3 is 2.27 bits per heavy atom. The van der Waals surface area contributed by atoms with Crippen LogP contribution in [-0.2, 0) is 14.3 Å². The average Bonchev–Trinajstić information content (AvgIpc) is 1.91. The summed E-state index contributed by atoms with van der Waals surface area (Å²) in [6, 6.07) is 0. The molecule has 0 rings (SSSR count). The molecule has 0 radical (unpaired) electrons. The first-order valence-electron chi connectivity index (χ1n) is 3.33. The van der Waals surface area contributed by atoms with Gasteiger partial charge in [0.05, 0.1) is 6.61 Å². The van der Waals surface area contributed by atoms with Gasteiger partial charge in [-0.15, -0.1) is 13.2 Å². The molecule has 0 aromatic carbocycles. The van der Waals surface area contributed by atoms with Gasteiger partial charge in [0.2, 0.25) is 0 Å². The molecule has 1 unspecified atom stereocenters. The van der Waals surface area contributed by atoms with Gasteiger partial charge in [-0.25, -0.2) is 0 Å². The van der Waals surface area contributed by atoms with Gasteiger partial charge in [0.25, 0.3) is 0 Å². The molecular formula is C8H16O3. The molecular weight excluding hydrogens is 144 g/mol. The summed E-state index contributed by atoms with van der Waals surface area (Å²) in [5, 5.41) is 0. The molecule has 1 atom stereocenters. The van der Waals surface area contributed by atoms with Crippen LogP contribution >= 0.6 is 0 Å². The molecule has 0 aromatic heterocycles. The van der Waals surface area contributed by atoms with Crippen molar-refractivity contribution in [2.24, 2.45) is 0 Å². The molecule has 0 heterocycles. The monoisotopic (exact) mass is 160 g/mol. The van der Waals surface area contributed by atoms with Crippen LogP contribution in [0.2, 0.25) is 0 Å². The SMILES string of the molecule is C=C.COCC(C)OC(C)=O. The minimum absolute atomic E-state index is 0.132. The zero-order valence-electron chi connectivity index (χ0n) is 7.42. The predicted molar refractivity (Wildman–Crippen MR) is 44.4 cm³/mol. The minimum Gasteiger partial charge on any atom is -0.460 e. The van der Waals surface area contributed by atoms with E-state index in [4.69, 9.17) is 9.47 Å². The van der Waals surface area contributed by atoms with Gasteiger partial charge < -0.3 is 9.47 Å². The van der Waals surface area contributed by atoms with Gasteiger partial charge in [0, 0.05) is 14.0 Å². The van der Waals surface area contributed by atoms with Crippen LogP contribution in [0.4, 0.5) is 0 Å². The molecule has 0 aliphatic heterocycles. The molecule has 0 spiro atoms. The maximum Gasteiger partial charge on any atom is 0.302 e. The van der Waals surface area contributed by atoms with Gasteiger partial charge in [-0.05, 0) is 6.92 Å². The number of hydrogen-bond donors (Lipinski definition) is 0. The van der Waals surface area contributed by atoms with E-state index in [0.717, 1.165) is 0 Å². The van der Waals surface area contributed by atoms with Crippen LogP contribution < -0.4 is 0 Å².